The van der Waals surface area contributed by atoms with Crippen molar-refractivity contribution < 1.29 is 13.5 Å². The second-order valence-corrected chi connectivity index (χ2v) is 6.63. The number of nitrogens with one attached hydrogen (secondary N) is 1. The van der Waals surface area contributed by atoms with Crippen LogP contribution in [0.2, 0.25) is 0 Å². The first-order valence-corrected chi connectivity index (χ1v) is 8.12. The summed E-state index contributed by atoms with van der Waals surface area (Å²) in [5, 5.41) is 9.59. The Morgan fingerprint density at radius 3 is 2.52 bits per heavy atom. The number of benzene rings is 1. The first-order chi connectivity index (χ1) is 9.91. The molecule has 0 radical (unpaired) electrons. The van der Waals surface area contributed by atoms with E-state index in [0.717, 1.165) is 0 Å². The Kier molecular flexibility index (Phi) is 4.46. The number of hydrogen-bond donors (Lipinski definition) is 2. The number of aliphatic hydroxyl groups excluding tert-OH is 1. The Morgan fingerprint density at radius 1 is 1.33 bits per heavy atom. The lowest BCUT2D eigenvalue weighted by Gasteiger charge is -2.28. The van der Waals surface area contributed by atoms with Gasteiger partial charge in [0.1, 0.15) is 0 Å². The SMILES string of the molecule is CCn1cnc(S(=O)(=O)NC(C)(CO)c2ccccc2)c1. The van der Waals surface area contributed by atoms with Crippen LogP contribution in [-0.4, -0.2) is 29.7 Å². The number of hydrogen-bond acceptors (Lipinski definition) is 4. The van der Waals surface area contributed by atoms with Crippen molar-refractivity contribution in [2.45, 2.75) is 31.0 Å². The van der Waals surface area contributed by atoms with Crippen LogP contribution in [0.25, 0.3) is 0 Å². The predicted octanol–water partition coefficient (Wildman–Crippen LogP) is 1.09. The molecule has 7 heteroatoms. The molecule has 0 spiro atoms. The van der Waals surface area contributed by atoms with E-state index in [1.165, 1.54) is 12.5 Å². The number of sulfonamides is 1. The van der Waals surface area contributed by atoms with Crippen molar-refractivity contribution in [1.82, 2.24) is 14.3 Å². The van der Waals surface area contributed by atoms with Crippen LogP contribution < -0.4 is 4.72 Å². The van der Waals surface area contributed by atoms with Gasteiger partial charge >= 0.3 is 0 Å². The second-order valence-electron chi connectivity index (χ2n) is 5.00. The molecular weight excluding hydrogens is 290 g/mol. The molecule has 0 aliphatic heterocycles. The molecule has 1 atom stereocenters. The fraction of sp³-hybridized carbons (Fsp3) is 0.357. The van der Waals surface area contributed by atoms with Crippen molar-refractivity contribution in [2.24, 2.45) is 0 Å². The molecule has 0 amide bonds. The lowest BCUT2D eigenvalue weighted by atomic mass is 9.94. The maximum atomic E-state index is 12.4. The largest absolute Gasteiger partial charge is 0.394 e. The minimum absolute atomic E-state index is 0.0556. The Morgan fingerprint density at radius 2 is 2.00 bits per heavy atom. The molecule has 2 rings (SSSR count). The van der Waals surface area contributed by atoms with E-state index in [9.17, 15) is 13.5 Å². The Bertz CT molecular complexity index is 697. The van der Waals surface area contributed by atoms with Gasteiger partial charge in [-0.2, -0.15) is 4.72 Å². The van der Waals surface area contributed by atoms with Gasteiger partial charge in [-0.05, 0) is 19.4 Å². The Balaban J connectivity index is 2.33. The maximum Gasteiger partial charge on any atom is 0.260 e. The lowest BCUT2D eigenvalue weighted by Crippen LogP contribution is -2.46. The third kappa shape index (κ3) is 3.31. The minimum Gasteiger partial charge on any atom is -0.394 e. The summed E-state index contributed by atoms with van der Waals surface area (Å²) in [7, 11) is -3.81. The van der Waals surface area contributed by atoms with Gasteiger partial charge in [0.25, 0.3) is 10.0 Å². The molecule has 0 aliphatic rings. The Labute approximate surface area is 124 Å². The van der Waals surface area contributed by atoms with Gasteiger partial charge in [0, 0.05) is 12.7 Å². The van der Waals surface area contributed by atoms with Crippen LogP contribution in [0, 0.1) is 0 Å². The van der Waals surface area contributed by atoms with Gasteiger partial charge in [0.15, 0.2) is 5.03 Å². The van der Waals surface area contributed by atoms with Gasteiger partial charge < -0.3 is 9.67 Å². The number of aliphatic hydroxyl groups is 1. The molecule has 1 aromatic heterocycles. The van der Waals surface area contributed by atoms with Crippen molar-refractivity contribution in [3.63, 3.8) is 0 Å². The van der Waals surface area contributed by atoms with E-state index in [1.54, 1.807) is 35.8 Å². The summed E-state index contributed by atoms with van der Waals surface area (Å²) in [6.07, 6.45) is 2.93. The van der Waals surface area contributed by atoms with Crippen LogP contribution in [0.4, 0.5) is 0 Å². The molecule has 0 saturated heterocycles. The van der Waals surface area contributed by atoms with Gasteiger partial charge in [0.2, 0.25) is 0 Å². The smallest absolute Gasteiger partial charge is 0.260 e. The highest BCUT2D eigenvalue weighted by Crippen LogP contribution is 2.22. The van der Waals surface area contributed by atoms with E-state index in [2.05, 4.69) is 9.71 Å². The van der Waals surface area contributed by atoms with Crippen molar-refractivity contribution in [1.29, 1.82) is 0 Å². The number of rotatable bonds is 6. The predicted molar refractivity (Wildman–Crippen MR) is 79.1 cm³/mol. The quantitative estimate of drug-likeness (QED) is 0.836. The zero-order chi connectivity index (χ0) is 15.5. The van der Waals surface area contributed by atoms with Gasteiger partial charge in [-0.1, -0.05) is 30.3 Å². The monoisotopic (exact) mass is 309 g/mol. The molecular formula is C14H19N3O3S. The van der Waals surface area contributed by atoms with Crippen molar-refractivity contribution in [3.8, 4) is 0 Å². The molecule has 0 aliphatic carbocycles. The minimum atomic E-state index is -3.81. The first-order valence-electron chi connectivity index (χ1n) is 6.63. The highest BCUT2D eigenvalue weighted by Gasteiger charge is 2.32. The number of imidazole rings is 1. The molecule has 114 valence electrons. The molecule has 1 unspecified atom stereocenters. The van der Waals surface area contributed by atoms with E-state index in [4.69, 9.17) is 0 Å². The van der Waals surface area contributed by atoms with Gasteiger partial charge in [-0.15, -0.1) is 0 Å². The third-order valence-corrected chi connectivity index (χ3v) is 4.82. The van der Waals surface area contributed by atoms with Gasteiger partial charge in [-0.25, -0.2) is 13.4 Å². The fourth-order valence-electron chi connectivity index (χ4n) is 1.99. The van der Waals surface area contributed by atoms with E-state index in [1.807, 2.05) is 13.0 Å². The summed E-state index contributed by atoms with van der Waals surface area (Å²) < 4.78 is 29.0. The average Bonchev–Trinajstić information content (AvgIpc) is 2.97. The summed E-state index contributed by atoms with van der Waals surface area (Å²) >= 11 is 0. The number of aryl methyl sites for hydroxylation is 1. The molecule has 0 saturated carbocycles. The molecule has 2 aromatic rings. The standard InChI is InChI=1S/C14H19N3O3S/c1-3-17-9-13(15-11-17)21(19,20)16-14(2,10-18)12-7-5-4-6-8-12/h4-9,11,16,18H,3,10H2,1-2H3. The molecule has 0 bridgehead atoms. The lowest BCUT2D eigenvalue weighted by molar-refractivity contribution is 0.196. The summed E-state index contributed by atoms with van der Waals surface area (Å²) in [5.41, 5.74) is -0.415. The summed E-state index contributed by atoms with van der Waals surface area (Å²) in [6.45, 7) is 3.81. The Hall–Kier alpha value is -1.70. The van der Waals surface area contributed by atoms with Crippen LogP contribution in [0.3, 0.4) is 0 Å². The molecule has 2 N–H and O–H groups in total. The van der Waals surface area contributed by atoms with Gasteiger partial charge in [0.05, 0.1) is 18.5 Å². The molecule has 21 heavy (non-hydrogen) atoms. The summed E-state index contributed by atoms with van der Waals surface area (Å²) in [5.74, 6) is 0. The average molecular weight is 309 g/mol. The van der Waals surface area contributed by atoms with Crippen LogP contribution >= 0.6 is 0 Å². The van der Waals surface area contributed by atoms with Crippen molar-refractivity contribution in [3.05, 3.63) is 48.4 Å². The first kappa shape index (κ1) is 15.7. The van der Waals surface area contributed by atoms with Crippen molar-refractivity contribution >= 4 is 10.0 Å². The second kappa shape index (κ2) is 5.97. The van der Waals surface area contributed by atoms with Crippen molar-refractivity contribution in [2.75, 3.05) is 6.61 Å². The summed E-state index contributed by atoms with van der Waals surface area (Å²) in [6, 6.07) is 8.96. The maximum absolute atomic E-state index is 12.4. The van der Waals surface area contributed by atoms with Gasteiger partial charge in [-0.3, -0.25) is 0 Å². The van der Waals surface area contributed by atoms with Crippen LogP contribution in [0.15, 0.2) is 47.9 Å². The molecule has 6 nitrogen and oxygen atoms in total. The van der Waals surface area contributed by atoms with E-state index < -0.39 is 15.6 Å². The van der Waals surface area contributed by atoms with E-state index in [-0.39, 0.29) is 11.6 Å². The normalized spacial score (nSPS) is 14.8. The van der Waals surface area contributed by atoms with E-state index >= 15 is 0 Å². The molecule has 1 heterocycles. The number of nitrogens with zero attached hydrogens (tertiary/aromatic N) is 2. The van der Waals surface area contributed by atoms with Crippen LogP contribution in [0.5, 0.6) is 0 Å². The zero-order valence-electron chi connectivity index (χ0n) is 12.0. The zero-order valence-corrected chi connectivity index (χ0v) is 12.8. The fourth-order valence-corrected chi connectivity index (χ4v) is 3.33. The summed E-state index contributed by atoms with van der Waals surface area (Å²) in [4.78, 5) is 3.90. The number of aromatic nitrogens is 2. The van der Waals surface area contributed by atoms with Crippen LogP contribution in [0.1, 0.15) is 19.4 Å². The van der Waals surface area contributed by atoms with E-state index in [0.29, 0.717) is 12.1 Å². The highest BCUT2D eigenvalue weighted by atomic mass is 32.2. The highest BCUT2D eigenvalue weighted by molar-refractivity contribution is 7.89. The topological polar surface area (TPSA) is 84.2 Å². The molecule has 1 aromatic carbocycles. The third-order valence-electron chi connectivity index (χ3n) is 3.34. The molecule has 0 fully saturated rings. The van der Waals surface area contributed by atoms with Crippen LogP contribution in [-0.2, 0) is 22.1 Å².